The van der Waals surface area contributed by atoms with Gasteiger partial charge in [-0.05, 0) is 78.0 Å². The molecule has 0 saturated heterocycles. The van der Waals surface area contributed by atoms with Crippen LogP contribution >= 0.6 is 0 Å². The van der Waals surface area contributed by atoms with Crippen molar-refractivity contribution in [3.63, 3.8) is 0 Å². The summed E-state index contributed by atoms with van der Waals surface area (Å²) in [5.41, 5.74) is 12.1. The number of hydrogen-bond donors (Lipinski definition) is 19. The Balaban J connectivity index is 2.28. The van der Waals surface area contributed by atoms with Crippen LogP contribution in [0.15, 0.2) is 60.7 Å². The molecule has 0 spiro atoms. The van der Waals surface area contributed by atoms with Gasteiger partial charge < -0.3 is 101 Å². The van der Waals surface area contributed by atoms with Crippen molar-refractivity contribution >= 4 is 82.9 Å². The van der Waals surface area contributed by atoms with Crippen molar-refractivity contribution in [3.05, 3.63) is 71.8 Å². The molecule has 2 aromatic carbocycles. The molecule has 2 rings (SSSR count). The minimum absolute atomic E-state index is 0.0402. The lowest BCUT2D eigenvalue weighted by atomic mass is 10.0. The Hall–Kier alpha value is -9.18. The second-order valence-electron chi connectivity index (χ2n) is 20.5. The number of hydrogen-bond acceptors (Lipinski definition) is 19. The van der Waals surface area contributed by atoms with Crippen LogP contribution in [0.5, 0.6) is 0 Å². The van der Waals surface area contributed by atoms with Crippen LogP contribution in [-0.4, -0.2) is 212 Å². The first kappa shape index (κ1) is 74.9. The number of unbranched alkanes of at least 4 members (excludes halogenated alkanes) is 1. The fraction of sp³-hybridized carbons (Fsp3) is 0.527. The molecule has 13 atom stereocenters. The summed E-state index contributed by atoms with van der Waals surface area (Å²) in [5.74, 6) is -16.0. The first-order valence-electron chi connectivity index (χ1n) is 27.9. The zero-order chi connectivity index (χ0) is 66.4. The van der Waals surface area contributed by atoms with Gasteiger partial charge in [0, 0.05) is 19.3 Å². The summed E-state index contributed by atoms with van der Waals surface area (Å²) in [5, 5.41) is 84.2. The smallest absolute Gasteiger partial charge is 0.326 e. The van der Waals surface area contributed by atoms with Crippen LogP contribution < -0.4 is 70.0 Å². The maximum Gasteiger partial charge on any atom is 0.326 e. The van der Waals surface area contributed by atoms with Gasteiger partial charge in [0.1, 0.15) is 60.4 Å². The molecule has 0 radical (unpaired) electrons. The van der Waals surface area contributed by atoms with Crippen molar-refractivity contribution in [2.75, 3.05) is 19.7 Å². The van der Waals surface area contributed by atoms with Gasteiger partial charge in [-0.3, -0.25) is 62.3 Å². The topological polar surface area (TPSA) is 545 Å². The maximum atomic E-state index is 14.3. The lowest BCUT2D eigenvalue weighted by Crippen LogP contribution is -2.62. The molecule has 0 heterocycles. The quantitative estimate of drug-likeness (QED) is 0.0277. The van der Waals surface area contributed by atoms with E-state index >= 15 is 0 Å². The maximum absolute atomic E-state index is 14.3. The molecular formula is C55H81N13O20. The summed E-state index contributed by atoms with van der Waals surface area (Å²) >= 11 is 0. The molecule has 486 valence electrons. The Morgan fingerprint density at radius 1 is 0.443 bits per heavy atom. The molecule has 0 aromatic heterocycles. The van der Waals surface area contributed by atoms with E-state index in [-0.39, 0.29) is 32.2 Å². The van der Waals surface area contributed by atoms with Gasteiger partial charge in [-0.1, -0.05) is 60.7 Å². The van der Waals surface area contributed by atoms with E-state index < -0.39 is 188 Å². The Labute approximate surface area is 505 Å². The SMILES string of the molecule is C[C@H](NC(=O)[C@H](C)NC(=O)[C@@H](N)CCC(=O)O)C(=O)N[C@@H](Cc1ccccc1)C(=O)N[C@@H](Cc1ccccc1)C(=O)N[C@@H](CC(=O)O)C(=O)N[C@H](C(=O)N[C@@H](C)C(=O)N[C@@H](CO)C(=O)N[C@H](C(=O)NCC(=O)N[C@@H](CCCCN)C(=O)O)[C@@H](C)O)[C@@H](C)O. The predicted molar refractivity (Wildman–Crippen MR) is 308 cm³/mol. The minimum Gasteiger partial charge on any atom is -0.481 e. The molecule has 11 amide bonds. The molecule has 0 unspecified atom stereocenters. The summed E-state index contributed by atoms with van der Waals surface area (Å²) in [6.45, 7) is 4.12. The Morgan fingerprint density at radius 3 is 1.30 bits per heavy atom. The van der Waals surface area contributed by atoms with Gasteiger partial charge in [0.25, 0.3) is 0 Å². The third kappa shape index (κ3) is 27.0. The standard InChI is InChI=1S/C55H81N13O20/c1-27(60-48(80)34(57)19-20-41(73)74)45(77)59-28(2)46(78)63-36(22-32-14-8-6-9-15-32)49(81)64-37(23-33-16-10-7-11-17-33)50(82)65-38(24-42(75)76)51(83)68-44(31(5)71)54(86)61-29(3)47(79)66-39(26-69)52(84)67-43(30(4)70)53(85)58-25-40(72)62-35(55(87)88)18-12-13-21-56/h6-11,14-17,27-31,34-39,43-44,69-71H,12-13,18-26,56-57H2,1-5H3,(H,58,85)(H,59,77)(H,60,80)(H,61,86)(H,62,72)(H,63,78)(H,64,81)(H,65,82)(H,66,79)(H,67,84)(H,68,83)(H,73,74)(H,75,76)(H,87,88)/t27-,28-,29-,30+,31+,34-,35-,36-,37-,38-,39-,43-,44-/m0/s1. The predicted octanol–water partition coefficient (Wildman–Crippen LogP) is -6.87. The largest absolute Gasteiger partial charge is 0.481 e. The van der Waals surface area contributed by atoms with E-state index in [2.05, 4.69) is 58.5 Å². The zero-order valence-electron chi connectivity index (χ0n) is 49.1. The number of carboxylic acid groups (broad SMARTS) is 3. The highest BCUT2D eigenvalue weighted by atomic mass is 16.4. The van der Waals surface area contributed by atoms with Gasteiger partial charge in [0.2, 0.25) is 65.0 Å². The Morgan fingerprint density at radius 2 is 0.852 bits per heavy atom. The first-order valence-corrected chi connectivity index (χ1v) is 27.9. The highest BCUT2D eigenvalue weighted by molar-refractivity contribution is 6.00. The average molecular weight is 1240 g/mol. The zero-order valence-corrected chi connectivity index (χ0v) is 49.1. The third-order valence-corrected chi connectivity index (χ3v) is 13.0. The van der Waals surface area contributed by atoms with Crippen LogP contribution in [0.3, 0.4) is 0 Å². The van der Waals surface area contributed by atoms with E-state index in [9.17, 15) is 92.7 Å². The number of amides is 11. The fourth-order valence-corrected chi connectivity index (χ4v) is 7.99. The molecule has 2 aromatic rings. The second kappa shape index (κ2) is 38.1. The monoisotopic (exact) mass is 1240 g/mol. The van der Waals surface area contributed by atoms with Gasteiger partial charge in [-0.15, -0.1) is 0 Å². The van der Waals surface area contributed by atoms with E-state index in [1.807, 2.05) is 0 Å². The molecule has 0 saturated carbocycles. The van der Waals surface area contributed by atoms with Crippen molar-refractivity contribution in [1.29, 1.82) is 0 Å². The van der Waals surface area contributed by atoms with Crippen LogP contribution in [0.25, 0.3) is 0 Å². The summed E-state index contributed by atoms with van der Waals surface area (Å²) < 4.78 is 0. The third-order valence-electron chi connectivity index (χ3n) is 13.0. The van der Waals surface area contributed by atoms with Crippen molar-refractivity contribution < 1.29 is 97.8 Å². The molecule has 0 aliphatic heterocycles. The molecule has 21 N–H and O–H groups in total. The normalized spacial score (nSPS) is 15.4. The number of aliphatic hydroxyl groups excluding tert-OH is 3. The molecule has 0 aliphatic rings. The number of benzene rings is 2. The highest BCUT2D eigenvalue weighted by Gasteiger charge is 2.37. The van der Waals surface area contributed by atoms with E-state index in [1.165, 1.54) is 13.8 Å². The van der Waals surface area contributed by atoms with Gasteiger partial charge in [-0.25, -0.2) is 4.79 Å². The molecule has 0 bridgehead atoms. The van der Waals surface area contributed by atoms with Gasteiger partial charge >= 0.3 is 17.9 Å². The average Bonchev–Trinajstić information content (AvgIpc) is 3.64. The molecular weight excluding hydrogens is 1160 g/mol. The number of nitrogens with two attached hydrogens (primary N) is 2. The summed E-state index contributed by atoms with van der Waals surface area (Å²) in [7, 11) is 0. The lowest BCUT2D eigenvalue weighted by molar-refractivity contribution is -0.142. The second-order valence-corrected chi connectivity index (χ2v) is 20.5. The van der Waals surface area contributed by atoms with Gasteiger partial charge in [0.05, 0.1) is 37.8 Å². The van der Waals surface area contributed by atoms with Gasteiger partial charge in [0.15, 0.2) is 0 Å². The molecule has 33 heteroatoms. The number of carbonyl (C=O) groups excluding carboxylic acids is 11. The van der Waals surface area contributed by atoms with Crippen molar-refractivity contribution in [2.45, 2.75) is 165 Å². The van der Waals surface area contributed by atoms with Crippen LogP contribution in [-0.2, 0) is 80.0 Å². The van der Waals surface area contributed by atoms with E-state index in [4.69, 9.17) is 16.6 Å². The number of nitrogens with one attached hydrogen (secondary N) is 11. The Bertz CT molecular complexity index is 2740. The fourth-order valence-electron chi connectivity index (χ4n) is 7.99. The molecule has 33 nitrogen and oxygen atoms in total. The van der Waals surface area contributed by atoms with Crippen LogP contribution in [0.2, 0.25) is 0 Å². The number of rotatable bonds is 39. The van der Waals surface area contributed by atoms with Crippen molar-refractivity contribution in [1.82, 2.24) is 58.5 Å². The summed E-state index contributed by atoms with van der Waals surface area (Å²) in [6, 6.07) is -1.40. The highest BCUT2D eigenvalue weighted by Crippen LogP contribution is 2.10. The molecule has 0 fully saturated rings. The molecule has 88 heavy (non-hydrogen) atoms. The number of carbonyl (C=O) groups is 14. The Kier molecular flexibility index (Phi) is 32.4. The minimum atomic E-state index is -2.04. The lowest BCUT2D eigenvalue weighted by Gasteiger charge is -2.28. The first-order chi connectivity index (χ1) is 41.4. The van der Waals surface area contributed by atoms with Crippen molar-refractivity contribution in [3.8, 4) is 0 Å². The summed E-state index contributed by atoms with van der Waals surface area (Å²) in [6.07, 6.45) is -4.82. The van der Waals surface area contributed by atoms with Gasteiger partial charge in [-0.2, -0.15) is 0 Å². The number of aliphatic hydroxyl groups is 3. The van der Waals surface area contributed by atoms with Crippen LogP contribution in [0.1, 0.15) is 84.3 Å². The van der Waals surface area contributed by atoms with E-state index in [0.29, 0.717) is 24.0 Å². The van der Waals surface area contributed by atoms with Crippen molar-refractivity contribution in [2.24, 2.45) is 11.5 Å². The summed E-state index contributed by atoms with van der Waals surface area (Å²) in [4.78, 5) is 182. The number of aliphatic carboxylic acids is 3. The van der Waals surface area contributed by atoms with E-state index in [0.717, 1.165) is 20.8 Å². The van der Waals surface area contributed by atoms with Crippen LogP contribution in [0, 0.1) is 0 Å². The van der Waals surface area contributed by atoms with Crippen LogP contribution in [0.4, 0.5) is 0 Å². The number of carboxylic acids is 3. The molecule has 0 aliphatic carbocycles. The van der Waals surface area contributed by atoms with E-state index in [1.54, 1.807) is 60.7 Å².